The van der Waals surface area contributed by atoms with Gasteiger partial charge in [0.25, 0.3) is 0 Å². The standard InChI is InChI=1S/C15H23N3O2.C11H15FO2.CH4O/c1-14(20)17-9-5-8-16-10-11-18(13-19)12-15-6-3-2-4-7-15;1-3-13-4-5-14-11-7-9(2)6-10(12)8-11;1-2/h2-4,6-7,13,16H,5,8-12H2,1H3,(H,17,20);6-8H,3-5H2,1-2H3;2H,1H3. The lowest BCUT2D eigenvalue weighted by molar-refractivity contribution is -0.119. The summed E-state index contributed by atoms with van der Waals surface area (Å²) in [6.45, 7) is 10.5. The molecule has 3 N–H and O–H groups in total. The minimum Gasteiger partial charge on any atom is -0.491 e. The number of nitrogens with zero attached hydrogens (tertiary/aromatic N) is 1. The molecule has 36 heavy (non-hydrogen) atoms. The first kappa shape index (κ1) is 33.0. The zero-order valence-corrected chi connectivity index (χ0v) is 22.0. The van der Waals surface area contributed by atoms with Gasteiger partial charge in [0, 0.05) is 52.9 Å². The van der Waals surface area contributed by atoms with Crippen molar-refractivity contribution < 1.29 is 28.6 Å². The maximum absolute atomic E-state index is 12.9. The van der Waals surface area contributed by atoms with Gasteiger partial charge in [-0.1, -0.05) is 30.3 Å². The Kier molecular flexibility index (Phi) is 20.6. The van der Waals surface area contributed by atoms with E-state index in [1.54, 1.807) is 11.0 Å². The third-order valence-corrected chi connectivity index (χ3v) is 4.57. The number of carbonyl (C=O) groups is 2. The van der Waals surface area contributed by atoms with Crippen molar-refractivity contribution in [1.82, 2.24) is 15.5 Å². The van der Waals surface area contributed by atoms with Gasteiger partial charge in [0.1, 0.15) is 18.2 Å². The van der Waals surface area contributed by atoms with E-state index in [0.717, 1.165) is 44.2 Å². The molecule has 0 fully saturated rings. The Labute approximate surface area is 214 Å². The summed E-state index contributed by atoms with van der Waals surface area (Å²) in [6.07, 6.45) is 1.77. The second kappa shape index (κ2) is 22.5. The maximum atomic E-state index is 12.9. The molecule has 0 heterocycles. The van der Waals surface area contributed by atoms with Crippen molar-refractivity contribution in [1.29, 1.82) is 0 Å². The highest BCUT2D eigenvalue weighted by molar-refractivity contribution is 5.72. The van der Waals surface area contributed by atoms with E-state index in [2.05, 4.69) is 10.6 Å². The van der Waals surface area contributed by atoms with Crippen LogP contribution in [0.1, 0.15) is 31.4 Å². The molecule has 0 spiro atoms. The zero-order valence-electron chi connectivity index (χ0n) is 22.0. The van der Waals surface area contributed by atoms with Crippen LogP contribution in [0.25, 0.3) is 0 Å². The largest absolute Gasteiger partial charge is 0.491 e. The molecule has 0 saturated heterocycles. The van der Waals surface area contributed by atoms with Crippen molar-refractivity contribution in [3.63, 3.8) is 0 Å². The Bertz CT molecular complexity index is 804. The lowest BCUT2D eigenvalue weighted by Crippen LogP contribution is -2.32. The third-order valence-electron chi connectivity index (χ3n) is 4.57. The summed E-state index contributed by atoms with van der Waals surface area (Å²) in [5.74, 6) is 0.290. The maximum Gasteiger partial charge on any atom is 0.216 e. The van der Waals surface area contributed by atoms with Gasteiger partial charge in [-0.2, -0.15) is 0 Å². The Morgan fingerprint density at radius 3 is 2.42 bits per heavy atom. The summed E-state index contributed by atoms with van der Waals surface area (Å²) in [4.78, 5) is 23.4. The lowest BCUT2D eigenvalue weighted by Gasteiger charge is -2.17. The lowest BCUT2D eigenvalue weighted by atomic mass is 10.2. The number of benzene rings is 2. The predicted octanol–water partition coefficient (Wildman–Crippen LogP) is 2.92. The molecular formula is C27H42FN3O5. The number of amides is 2. The number of nitrogens with one attached hydrogen (secondary N) is 2. The summed E-state index contributed by atoms with van der Waals surface area (Å²) >= 11 is 0. The first-order chi connectivity index (χ1) is 17.4. The van der Waals surface area contributed by atoms with Crippen molar-refractivity contribution in [3.05, 3.63) is 65.5 Å². The fourth-order valence-electron chi connectivity index (χ4n) is 2.96. The second-order valence-electron chi connectivity index (χ2n) is 7.66. The van der Waals surface area contributed by atoms with Crippen molar-refractivity contribution in [2.24, 2.45) is 0 Å². The number of carbonyl (C=O) groups excluding carboxylic acids is 2. The van der Waals surface area contributed by atoms with E-state index in [4.69, 9.17) is 14.6 Å². The molecule has 2 amide bonds. The SMILES string of the molecule is CC(=O)NCCCNCCN(C=O)Cc1ccccc1.CCOCCOc1cc(C)cc(F)c1.CO. The van der Waals surface area contributed by atoms with Crippen molar-refractivity contribution in [3.8, 4) is 5.75 Å². The highest BCUT2D eigenvalue weighted by Gasteiger charge is 2.02. The van der Waals surface area contributed by atoms with E-state index in [9.17, 15) is 14.0 Å². The Balaban J connectivity index is 0.000000671. The normalized spacial score (nSPS) is 9.72. The van der Waals surface area contributed by atoms with Gasteiger partial charge in [-0.15, -0.1) is 0 Å². The van der Waals surface area contributed by atoms with Crippen molar-refractivity contribution in [2.45, 2.75) is 33.7 Å². The van der Waals surface area contributed by atoms with Gasteiger partial charge in [0.2, 0.25) is 12.3 Å². The summed E-state index contributed by atoms with van der Waals surface area (Å²) in [5, 5.41) is 13.0. The molecule has 8 nitrogen and oxygen atoms in total. The van der Waals surface area contributed by atoms with Crippen LogP contribution in [-0.4, -0.2) is 75.4 Å². The monoisotopic (exact) mass is 507 g/mol. The molecule has 0 aromatic heterocycles. The second-order valence-corrected chi connectivity index (χ2v) is 7.66. The smallest absolute Gasteiger partial charge is 0.216 e. The Hall–Kier alpha value is -3.01. The Morgan fingerprint density at radius 1 is 1.08 bits per heavy atom. The minimum absolute atomic E-state index is 0.00000821. The van der Waals surface area contributed by atoms with Crippen molar-refractivity contribution >= 4 is 12.3 Å². The summed E-state index contributed by atoms with van der Waals surface area (Å²) in [6, 6.07) is 14.6. The zero-order chi connectivity index (χ0) is 27.0. The van der Waals surface area contributed by atoms with Crippen LogP contribution >= 0.6 is 0 Å². The topological polar surface area (TPSA) is 100 Å². The van der Waals surface area contributed by atoms with Crippen LogP contribution in [0.15, 0.2) is 48.5 Å². The van der Waals surface area contributed by atoms with E-state index in [1.807, 2.05) is 44.2 Å². The van der Waals surface area contributed by atoms with Crippen LogP contribution < -0.4 is 15.4 Å². The van der Waals surface area contributed by atoms with E-state index < -0.39 is 0 Å². The number of hydrogen-bond acceptors (Lipinski definition) is 6. The third kappa shape index (κ3) is 18.3. The molecule has 0 unspecified atom stereocenters. The van der Waals surface area contributed by atoms with E-state index >= 15 is 0 Å². The number of halogens is 1. The number of hydrogen-bond donors (Lipinski definition) is 3. The van der Waals surface area contributed by atoms with Gasteiger partial charge in [-0.3, -0.25) is 9.59 Å². The van der Waals surface area contributed by atoms with Crippen LogP contribution in [0.4, 0.5) is 4.39 Å². The van der Waals surface area contributed by atoms with E-state index in [-0.39, 0.29) is 11.7 Å². The number of ether oxygens (including phenoxy) is 2. The minimum atomic E-state index is -0.267. The van der Waals surface area contributed by atoms with Crippen LogP contribution in [0.5, 0.6) is 5.75 Å². The molecule has 0 radical (unpaired) electrons. The van der Waals surface area contributed by atoms with Gasteiger partial charge in [-0.25, -0.2) is 4.39 Å². The van der Waals surface area contributed by atoms with Gasteiger partial charge < -0.3 is 30.1 Å². The average Bonchev–Trinajstić information content (AvgIpc) is 2.87. The first-order valence-corrected chi connectivity index (χ1v) is 12.1. The van der Waals surface area contributed by atoms with Crippen LogP contribution in [-0.2, 0) is 20.9 Å². The fourth-order valence-corrected chi connectivity index (χ4v) is 2.96. The summed E-state index contributed by atoms with van der Waals surface area (Å²) in [5.41, 5.74) is 1.99. The molecule has 0 saturated carbocycles. The molecule has 202 valence electrons. The van der Waals surface area contributed by atoms with Crippen LogP contribution in [0.2, 0.25) is 0 Å². The fraction of sp³-hybridized carbons (Fsp3) is 0.481. The predicted molar refractivity (Wildman–Crippen MR) is 140 cm³/mol. The number of rotatable bonds is 15. The van der Waals surface area contributed by atoms with Gasteiger partial charge in [0.05, 0.1) is 6.61 Å². The van der Waals surface area contributed by atoms with Gasteiger partial charge >= 0.3 is 0 Å². The molecule has 9 heteroatoms. The van der Waals surface area contributed by atoms with Crippen molar-refractivity contribution in [2.75, 3.05) is 53.1 Å². The van der Waals surface area contributed by atoms with Gasteiger partial charge in [0.15, 0.2) is 0 Å². The van der Waals surface area contributed by atoms with Crippen LogP contribution in [0.3, 0.4) is 0 Å². The summed E-state index contributed by atoms with van der Waals surface area (Å²) < 4.78 is 23.3. The highest BCUT2D eigenvalue weighted by atomic mass is 19.1. The molecular weight excluding hydrogens is 465 g/mol. The number of aryl methyl sites for hydroxylation is 1. The molecule has 0 aliphatic rings. The highest BCUT2D eigenvalue weighted by Crippen LogP contribution is 2.15. The Morgan fingerprint density at radius 2 is 1.81 bits per heavy atom. The van der Waals surface area contributed by atoms with E-state index in [0.29, 0.717) is 45.2 Å². The molecule has 0 aliphatic carbocycles. The van der Waals surface area contributed by atoms with Gasteiger partial charge in [-0.05, 0) is 50.1 Å². The molecule has 0 aliphatic heterocycles. The quantitative estimate of drug-likeness (QED) is 0.253. The van der Waals surface area contributed by atoms with E-state index in [1.165, 1.54) is 19.1 Å². The summed E-state index contributed by atoms with van der Waals surface area (Å²) in [7, 11) is 1.00. The average molecular weight is 508 g/mol. The molecule has 0 atom stereocenters. The first-order valence-electron chi connectivity index (χ1n) is 12.1. The number of aliphatic hydroxyl groups is 1. The molecule has 2 aromatic rings. The molecule has 2 aromatic carbocycles. The number of aliphatic hydroxyl groups excluding tert-OH is 1. The van der Waals surface area contributed by atoms with Crippen LogP contribution in [0, 0.1) is 12.7 Å². The molecule has 0 bridgehead atoms. The molecule has 2 rings (SSSR count).